The van der Waals surface area contributed by atoms with E-state index in [4.69, 9.17) is 4.74 Å². The number of ether oxygens (including phenoxy) is 1. The number of urea groups is 1. The zero-order valence-electron chi connectivity index (χ0n) is 21.1. The maximum Gasteiger partial charge on any atom is 0.322 e. The molecule has 0 saturated heterocycles. The van der Waals surface area contributed by atoms with E-state index in [2.05, 4.69) is 9.88 Å². The number of carbonyl (C=O) groups excluding carboxylic acids is 2. The lowest BCUT2D eigenvalue weighted by Crippen LogP contribution is -2.50. The van der Waals surface area contributed by atoms with Crippen LogP contribution in [0.25, 0.3) is 0 Å². The van der Waals surface area contributed by atoms with Gasteiger partial charge in [-0.25, -0.2) is 4.79 Å². The van der Waals surface area contributed by atoms with Crippen molar-refractivity contribution in [2.45, 2.75) is 46.3 Å². The SMILES string of the molecule is COc1ccccc1C1c2cccn2CCN1C(=O)CN(C(=O)Nc1c(C)cccc1C)C(C)C. The number of aromatic nitrogens is 1. The first-order chi connectivity index (χ1) is 16.8. The summed E-state index contributed by atoms with van der Waals surface area (Å²) in [6.07, 6.45) is 2.04. The molecule has 0 aliphatic carbocycles. The van der Waals surface area contributed by atoms with Crippen molar-refractivity contribution in [3.05, 3.63) is 83.2 Å². The molecule has 0 saturated carbocycles. The van der Waals surface area contributed by atoms with Crippen molar-refractivity contribution in [3.63, 3.8) is 0 Å². The normalized spacial score (nSPS) is 15.0. The van der Waals surface area contributed by atoms with Gasteiger partial charge in [-0.05, 0) is 57.0 Å². The van der Waals surface area contributed by atoms with Crippen LogP contribution in [0.1, 0.15) is 42.3 Å². The highest BCUT2D eigenvalue weighted by molar-refractivity contribution is 5.94. The fourth-order valence-electron chi connectivity index (χ4n) is 4.79. The predicted molar refractivity (Wildman–Crippen MR) is 138 cm³/mol. The van der Waals surface area contributed by atoms with Gasteiger partial charge in [0.2, 0.25) is 5.91 Å². The van der Waals surface area contributed by atoms with Gasteiger partial charge < -0.3 is 24.4 Å². The van der Waals surface area contributed by atoms with Gasteiger partial charge in [-0.1, -0.05) is 36.4 Å². The van der Waals surface area contributed by atoms with Crippen LogP contribution in [0.2, 0.25) is 0 Å². The largest absolute Gasteiger partial charge is 0.496 e. The van der Waals surface area contributed by atoms with Gasteiger partial charge in [-0.15, -0.1) is 0 Å². The van der Waals surface area contributed by atoms with Crippen LogP contribution in [0.5, 0.6) is 5.75 Å². The van der Waals surface area contributed by atoms with Crippen LogP contribution in [0.4, 0.5) is 10.5 Å². The molecule has 0 spiro atoms. The van der Waals surface area contributed by atoms with Crippen molar-refractivity contribution in [3.8, 4) is 5.75 Å². The minimum Gasteiger partial charge on any atom is -0.496 e. The summed E-state index contributed by atoms with van der Waals surface area (Å²) in [6, 6.07) is 17.0. The lowest BCUT2D eigenvalue weighted by atomic mass is 9.98. The molecule has 4 rings (SSSR count). The van der Waals surface area contributed by atoms with Gasteiger partial charge in [-0.3, -0.25) is 4.79 Å². The van der Waals surface area contributed by atoms with E-state index in [1.165, 1.54) is 0 Å². The topological polar surface area (TPSA) is 66.8 Å². The van der Waals surface area contributed by atoms with Crippen LogP contribution in [-0.4, -0.2) is 52.5 Å². The predicted octanol–water partition coefficient (Wildman–Crippen LogP) is 4.99. The van der Waals surface area contributed by atoms with Gasteiger partial charge in [0.1, 0.15) is 18.3 Å². The molecule has 0 bridgehead atoms. The molecule has 0 fully saturated rings. The third-order valence-corrected chi connectivity index (χ3v) is 6.70. The summed E-state index contributed by atoms with van der Waals surface area (Å²) < 4.78 is 7.82. The van der Waals surface area contributed by atoms with E-state index < -0.39 is 0 Å². The number of methoxy groups -OCH3 is 1. The van der Waals surface area contributed by atoms with Gasteiger partial charge in [0.05, 0.1) is 7.11 Å². The Balaban J connectivity index is 1.61. The number of aryl methyl sites for hydroxylation is 2. The van der Waals surface area contributed by atoms with Gasteiger partial charge in [0.15, 0.2) is 0 Å². The Bertz CT molecular complexity index is 1200. The van der Waals surface area contributed by atoms with Crippen LogP contribution in [0.15, 0.2) is 60.8 Å². The highest BCUT2D eigenvalue weighted by Crippen LogP contribution is 2.37. The second-order valence-corrected chi connectivity index (χ2v) is 9.28. The summed E-state index contributed by atoms with van der Waals surface area (Å²) in [6.45, 7) is 9.03. The van der Waals surface area contributed by atoms with E-state index in [1.807, 2.05) is 93.4 Å². The first-order valence-corrected chi connectivity index (χ1v) is 12.0. The Morgan fingerprint density at radius 2 is 1.74 bits per heavy atom. The Hall–Kier alpha value is -3.74. The molecule has 1 N–H and O–H groups in total. The number of amides is 3. The standard InChI is InChI=1S/C28H34N4O3/c1-19(2)32(28(34)29-26-20(3)10-8-11-21(26)4)18-25(33)31-17-16-30-15-9-13-23(30)27(31)22-12-6-7-14-24(22)35-5/h6-15,19,27H,16-18H2,1-5H3,(H,29,34). The minimum absolute atomic E-state index is 0.0131. The highest BCUT2D eigenvalue weighted by atomic mass is 16.5. The lowest BCUT2D eigenvalue weighted by Gasteiger charge is -2.39. The van der Waals surface area contributed by atoms with Crippen molar-refractivity contribution in [1.29, 1.82) is 0 Å². The Kier molecular flexibility index (Phi) is 7.15. The first-order valence-electron chi connectivity index (χ1n) is 12.0. The number of para-hydroxylation sites is 2. The molecule has 7 heteroatoms. The lowest BCUT2D eigenvalue weighted by molar-refractivity contribution is -0.134. The van der Waals surface area contributed by atoms with Gasteiger partial charge in [0, 0.05) is 42.3 Å². The van der Waals surface area contributed by atoms with Crippen molar-refractivity contribution in [2.24, 2.45) is 0 Å². The number of hydrogen-bond acceptors (Lipinski definition) is 3. The molecule has 1 aliphatic heterocycles. The van der Waals surface area contributed by atoms with E-state index in [9.17, 15) is 9.59 Å². The number of rotatable bonds is 6. The van der Waals surface area contributed by atoms with Gasteiger partial charge >= 0.3 is 6.03 Å². The van der Waals surface area contributed by atoms with Gasteiger partial charge in [0.25, 0.3) is 0 Å². The molecule has 35 heavy (non-hydrogen) atoms. The van der Waals surface area contributed by atoms with Crippen molar-refractivity contribution >= 4 is 17.6 Å². The summed E-state index contributed by atoms with van der Waals surface area (Å²) in [5, 5.41) is 3.03. The summed E-state index contributed by atoms with van der Waals surface area (Å²) in [7, 11) is 1.64. The molecule has 1 aromatic heterocycles. The van der Waals surface area contributed by atoms with Crippen molar-refractivity contribution in [2.75, 3.05) is 25.5 Å². The summed E-state index contributed by atoms with van der Waals surface area (Å²) in [4.78, 5) is 30.5. The fraction of sp³-hybridized carbons (Fsp3) is 0.357. The molecule has 184 valence electrons. The number of benzene rings is 2. The molecule has 7 nitrogen and oxygen atoms in total. The van der Waals surface area contributed by atoms with E-state index >= 15 is 0 Å². The smallest absolute Gasteiger partial charge is 0.322 e. The number of hydrogen-bond donors (Lipinski definition) is 1. The van der Waals surface area contributed by atoms with Crippen LogP contribution < -0.4 is 10.1 Å². The molecule has 2 heterocycles. The number of nitrogens with one attached hydrogen (secondary N) is 1. The monoisotopic (exact) mass is 474 g/mol. The number of carbonyl (C=O) groups is 2. The summed E-state index contributed by atoms with van der Waals surface area (Å²) in [5.41, 5.74) is 4.73. The second-order valence-electron chi connectivity index (χ2n) is 9.28. The maximum atomic E-state index is 13.8. The molecule has 3 aromatic rings. The molecule has 1 atom stereocenters. The van der Waals surface area contributed by atoms with E-state index in [-0.39, 0.29) is 30.6 Å². The van der Waals surface area contributed by atoms with Crippen LogP contribution >= 0.6 is 0 Å². The van der Waals surface area contributed by atoms with Crippen LogP contribution in [0, 0.1) is 13.8 Å². The molecule has 0 radical (unpaired) electrons. The average molecular weight is 475 g/mol. The zero-order valence-corrected chi connectivity index (χ0v) is 21.1. The van der Waals surface area contributed by atoms with Crippen molar-refractivity contribution < 1.29 is 14.3 Å². The minimum atomic E-state index is -0.293. The zero-order chi connectivity index (χ0) is 25.1. The fourth-order valence-corrected chi connectivity index (χ4v) is 4.79. The molecule has 2 aromatic carbocycles. The van der Waals surface area contributed by atoms with E-state index in [0.29, 0.717) is 13.1 Å². The average Bonchev–Trinajstić information content (AvgIpc) is 3.32. The van der Waals surface area contributed by atoms with E-state index in [0.717, 1.165) is 33.8 Å². The highest BCUT2D eigenvalue weighted by Gasteiger charge is 2.35. The Labute approximate surface area is 207 Å². The van der Waals surface area contributed by atoms with E-state index in [1.54, 1.807) is 12.0 Å². The summed E-state index contributed by atoms with van der Waals surface area (Å²) in [5.74, 6) is 0.636. The second kappa shape index (κ2) is 10.3. The molecule has 1 unspecified atom stereocenters. The van der Waals surface area contributed by atoms with Crippen molar-refractivity contribution in [1.82, 2.24) is 14.4 Å². The van der Waals surface area contributed by atoms with Gasteiger partial charge in [-0.2, -0.15) is 0 Å². The molecule has 3 amide bonds. The molecular weight excluding hydrogens is 440 g/mol. The molecular formula is C28H34N4O3. The maximum absolute atomic E-state index is 13.8. The molecule has 1 aliphatic rings. The number of anilines is 1. The third-order valence-electron chi connectivity index (χ3n) is 6.70. The third kappa shape index (κ3) is 4.90. The quantitative estimate of drug-likeness (QED) is 0.548. The first kappa shape index (κ1) is 24.4. The Morgan fingerprint density at radius 1 is 1.03 bits per heavy atom. The number of nitrogens with zero attached hydrogens (tertiary/aromatic N) is 3. The Morgan fingerprint density at radius 3 is 2.43 bits per heavy atom. The van der Waals surface area contributed by atoms with Crippen LogP contribution in [0.3, 0.4) is 0 Å². The number of fused-ring (bicyclic) bond motifs is 1. The summed E-state index contributed by atoms with van der Waals surface area (Å²) >= 11 is 0. The van der Waals surface area contributed by atoms with Crippen LogP contribution in [-0.2, 0) is 11.3 Å².